The maximum Gasteiger partial charge on any atom is 0.411 e. The summed E-state index contributed by atoms with van der Waals surface area (Å²) in [6, 6.07) is 3.96. The predicted octanol–water partition coefficient (Wildman–Crippen LogP) is 6.41. The monoisotopic (exact) mass is 504 g/mol. The van der Waals surface area contributed by atoms with Crippen LogP contribution < -0.4 is 0 Å². The average Bonchev–Trinajstić information content (AvgIpc) is 3.13. The molecular weight excluding hydrogens is 464 g/mol. The van der Waals surface area contributed by atoms with Crippen LogP contribution in [-0.2, 0) is 31.6 Å². The molecule has 0 radical (unpaired) electrons. The Morgan fingerprint density at radius 1 is 1.00 bits per heavy atom. The molecule has 35 heavy (non-hydrogen) atoms. The van der Waals surface area contributed by atoms with Gasteiger partial charge in [-0.1, -0.05) is 41.5 Å². The zero-order valence-corrected chi connectivity index (χ0v) is 23.6. The summed E-state index contributed by atoms with van der Waals surface area (Å²) in [7, 11) is 0. The molecule has 0 spiro atoms. The smallest absolute Gasteiger partial charge is 0.411 e. The van der Waals surface area contributed by atoms with E-state index in [1.807, 2.05) is 17.5 Å². The van der Waals surface area contributed by atoms with Crippen LogP contribution in [0.3, 0.4) is 0 Å². The van der Waals surface area contributed by atoms with Crippen molar-refractivity contribution in [3.63, 3.8) is 0 Å². The number of esters is 1. The highest BCUT2D eigenvalue weighted by atomic mass is 32.1. The maximum absolute atomic E-state index is 12.8. The van der Waals surface area contributed by atoms with Gasteiger partial charge in [0.15, 0.2) is 0 Å². The maximum atomic E-state index is 12.8. The van der Waals surface area contributed by atoms with Crippen molar-refractivity contribution < 1.29 is 24.2 Å². The molecule has 0 saturated carbocycles. The molecule has 0 aliphatic rings. The summed E-state index contributed by atoms with van der Waals surface area (Å²) in [6.45, 7) is 19.6. The molecule has 0 unspecified atom stereocenters. The second-order valence-corrected chi connectivity index (χ2v) is 12.6. The minimum absolute atomic E-state index is 0.120. The first-order valence-electron chi connectivity index (χ1n) is 11.9. The van der Waals surface area contributed by atoms with Gasteiger partial charge in [-0.25, -0.2) is 9.78 Å². The Labute approximate surface area is 213 Å². The Hall–Kier alpha value is -2.61. The molecule has 7 nitrogen and oxygen atoms in total. The van der Waals surface area contributed by atoms with E-state index >= 15 is 0 Å². The van der Waals surface area contributed by atoms with Gasteiger partial charge in [-0.2, -0.15) is 0 Å². The van der Waals surface area contributed by atoms with Crippen molar-refractivity contribution in [3.8, 4) is 17.0 Å². The third-order valence-electron chi connectivity index (χ3n) is 5.18. The molecule has 2 aromatic rings. The number of ether oxygens (including phenoxy) is 2. The number of carbonyl (C=O) groups is 2. The van der Waals surface area contributed by atoms with Crippen molar-refractivity contribution in [1.29, 1.82) is 0 Å². The SMILES string of the molecule is CCOC(=O)CN(Cc1nc(-c2cc(C(C)(C)C)c(O)c(C(C)(C)C)c2)cs1)C(=O)OC(C)(C)C. The molecule has 1 aromatic carbocycles. The number of carbonyl (C=O) groups excluding carboxylic acids is 2. The average molecular weight is 505 g/mol. The second-order valence-electron chi connectivity index (χ2n) is 11.7. The lowest BCUT2D eigenvalue weighted by Gasteiger charge is -2.28. The molecule has 2 rings (SSSR count). The predicted molar refractivity (Wildman–Crippen MR) is 140 cm³/mol. The minimum atomic E-state index is -0.698. The second kappa shape index (κ2) is 10.6. The van der Waals surface area contributed by atoms with Crippen LogP contribution in [0.4, 0.5) is 4.79 Å². The molecule has 0 aliphatic heterocycles. The molecule has 1 heterocycles. The Morgan fingerprint density at radius 3 is 2.00 bits per heavy atom. The van der Waals surface area contributed by atoms with Gasteiger partial charge < -0.3 is 14.6 Å². The summed E-state index contributed by atoms with van der Waals surface area (Å²) in [5, 5.41) is 13.6. The summed E-state index contributed by atoms with van der Waals surface area (Å²) in [6.07, 6.45) is -0.600. The first-order valence-corrected chi connectivity index (χ1v) is 12.8. The van der Waals surface area contributed by atoms with Crippen molar-refractivity contribution in [2.75, 3.05) is 13.2 Å². The Bertz CT molecular complexity index is 1020. The summed E-state index contributed by atoms with van der Waals surface area (Å²) < 4.78 is 10.5. The highest BCUT2D eigenvalue weighted by Crippen LogP contribution is 2.42. The van der Waals surface area contributed by atoms with Crippen molar-refractivity contribution in [3.05, 3.63) is 33.6 Å². The van der Waals surface area contributed by atoms with Crippen molar-refractivity contribution in [1.82, 2.24) is 9.88 Å². The van der Waals surface area contributed by atoms with E-state index in [1.165, 1.54) is 16.2 Å². The van der Waals surface area contributed by atoms with Gasteiger partial charge in [-0.05, 0) is 50.7 Å². The van der Waals surface area contributed by atoms with Crippen LogP contribution in [0.1, 0.15) is 85.4 Å². The van der Waals surface area contributed by atoms with Crippen LogP contribution in [0.15, 0.2) is 17.5 Å². The number of nitrogens with zero attached hydrogens (tertiary/aromatic N) is 2. The molecule has 1 aromatic heterocycles. The third kappa shape index (κ3) is 7.95. The van der Waals surface area contributed by atoms with E-state index in [4.69, 9.17) is 14.5 Å². The molecule has 8 heteroatoms. The number of phenolic OH excluding ortho intramolecular Hbond substituents is 1. The molecule has 1 N–H and O–H groups in total. The summed E-state index contributed by atoms with van der Waals surface area (Å²) in [4.78, 5) is 31.0. The summed E-state index contributed by atoms with van der Waals surface area (Å²) in [5.41, 5.74) is 2.14. The molecule has 0 bridgehead atoms. The van der Waals surface area contributed by atoms with Crippen LogP contribution in [0, 0.1) is 0 Å². The van der Waals surface area contributed by atoms with Crippen molar-refractivity contribution in [2.24, 2.45) is 0 Å². The van der Waals surface area contributed by atoms with Gasteiger partial charge in [0.1, 0.15) is 22.9 Å². The first-order chi connectivity index (χ1) is 15.9. The number of thiazole rings is 1. The lowest BCUT2D eigenvalue weighted by molar-refractivity contribution is -0.144. The molecule has 0 aliphatic carbocycles. The van der Waals surface area contributed by atoms with E-state index in [1.54, 1.807) is 27.7 Å². The lowest BCUT2D eigenvalue weighted by Crippen LogP contribution is -2.39. The third-order valence-corrected chi connectivity index (χ3v) is 6.01. The standard InChI is InChI=1S/C27H40N2O5S/c1-11-33-22(30)15-29(24(32)34-27(8,9)10)14-21-28-20(16-35-21)17-12-18(25(2,3)4)23(31)19(13-17)26(5,6)7/h12-13,16,31H,11,14-15H2,1-10H3. The minimum Gasteiger partial charge on any atom is -0.507 e. The number of hydrogen-bond donors (Lipinski definition) is 1. The van der Waals surface area contributed by atoms with Gasteiger partial charge in [0.05, 0.1) is 18.8 Å². The molecule has 0 fully saturated rings. The fourth-order valence-corrected chi connectivity index (χ4v) is 4.30. The number of phenols is 1. The molecule has 0 atom stereocenters. The molecule has 0 saturated heterocycles. The molecule has 1 amide bonds. The van der Waals surface area contributed by atoms with Crippen LogP contribution in [-0.4, -0.2) is 45.8 Å². The number of rotatable bonds is 6. The zero-order valence-electron chi connectivity index (χ0n) is 22.7. The zero-order chi connectivity index (χ0) is 26.8. The van der Waals surface area contributed by atoms with Crippen molar-refractivity contribution in [2.45, 2.75) is 92.2 Å². The number of benzene rings is 1. The Kier molecular flexibility index (Phi) is 8.64. The van der Waals surface area contributed by atoms with E-state index < -0.39 is 17.7 Å². The molecular formula is C27H40N2O5S. The summed E-state index contributed by atoms with van der Waals surface area (Å²) >= 11 is 1.40. The Balaban J connectivity index is 2.43. The molecule has 194 valence electrons. The summed E-state index contributed by atoms with van der Waals surface area (Å²) in [5.74, 6) is -0.187. The fourth-order valence-electron chi connectivity index (χ4n) is 3.48. The van der Waals surface area contributed by atoms with Crippen molar-refractivity contribution >= 4 is 23.4 Å². The number of aromatic nitrogens is 1. The van der Waals surface area contributed by atoms with Gasteiger partial charge in [-0.3, -0.25) is 9.69 Å². The quantitative estimate of drug-likeness (QED) is 0.457. The highest BCUT2D eigenvalue weighted by Gasteiger charge is 2.28. The van der Waals surface area contributed by atoms with Gasteiger partial charge in [0.2, 0.25) is 0 Å². The largest absolute Gasteiger partial charge is 0.507 e. The fraction of sp³-hybridized carbons (Fsp3) is 0.593. The van der Waals surface area contributed by atoms with E-state index in [2.05, 4.69) is 41.5 Å². The van der Waals surface area contributed by atoms with Crippen LogP contribution in [0.5, 0.6) is 5.75 Å². The van der Waals surface area contributed by atoms with E-state index in [-0.39, 0.29) is 30.5 Å². The van der Waals surface area contributed by atoms with Crippen LogP contribution in [0.25, 0.3) is 11.3 Å². The van der Waals surface area contributed by atoms with E-state index in [9.17, 15) is 14.7 Å². The van der Waals surface area contributed by atoms with E-state index in [0.717, 1.165) is 22.4 Å². The van der Waals surface area contributed by atoms with Gasteiger partial charge in [0, 0.05) is 22.1 Å². The lowest BCUT2D eigenvalue weighted by atomic mass is 9.78. The number of hydrogen-bond acceptors (Lipinski definition) is 7. The number of amides is 1. The Morgan fingerprint density at radius 2 is 1.54 bits per heavy atom. The van der Waals surface area contributed by atoms with Gasteiger partial charge >= 0.3 is 12.1 Å². The van der Waals surface area contributed by atoms with Crippen LogP contribution >= 0.6 is 11.3 Å². The normalized spacial score (nSPS) is 12.4. The highest BCUT2D eigenvalue weighted by molar-refractivity contribution is 7.09. The van der Waals surface area contributed by atoms with E-state index in [0.29, 0.717) is 10.8 Å². The van der Waals surface area contributed by atoms with Crippen LogP contribution in [0.2, 0.25) is 0 Å². The van der Waals surface area contributed by atoms with Gasteiger partial charge in [0.25, 0.3) is 0 Å². The topological polar surface area (TPSA) is 89.0 Å². The van der Waals surface area contributed by atoms with Gasteiger partial charge in [-0.15, -0.1) is 11.3 Å². The number of aromatic hydroxyl groups is 1. The first kappa shape index (κ1) is 28.6.